The Morgan fingerprint density at radius 1 is 1.19 bits per heavy atom. The van der Waals surface area contributed by atoms with E-state index in [1.807, 2.05) is 6.07 Å². The van der Waals surface area contributed by atoms with Crippen molar-refractivity contribution in [2.45, 2.75) is 11.3 Å². The second kappa shape index (κ2) is 6.79. The molecule has 1 atom stereocenters. The highest BCUT2D eigenvalue weighted by Crippen LogP contribution is 2.35. The Balaban J connectivity index is 1.96. The van der Waals surface area contributed by atoms with Crippen molar-refractivity contribution in [2.75, 3.05) is 12.9 Å². The van der Waals surface area contributed by atoms with Gasteiger partial charge < -0.3 is 9.29 Å². The quantitative estimate of drug-likeness (QED) is 0.634. The summed E-state index contributed by atoms with van der Waals surface area (Å²) in [5.41, 5.74) is 2.57. The first kappa shape index (κ1) is 17.1. The van der Waals surface area contributed by atoms with E-state index in [0.717, 1.165) is 11.1 Å². The molecule has 2 heterocycles. The maximum atomic E-state index is 12.6. The lowest BCUT2D eigenvalue weighted by atomic mass is 10.0. The molecule has 1 aliphatic rings. The Labute approximate surface area is 158 Å². The fraction of sp³-hybridized carbons (Fsp3) is 0.158. The number of hydrogen-bond acceptors (Lipinski definition) is 4. The van der Waals surface area contributed by atoms with Crippen molar-refractivity contribution in [1.29, 1.82) is 0 Å². The first-order valence-electron chi connectivity index (χ1n) is 8.03. The van der Waals surface area contributed by atoms with Gasteiger partial charge in [-0.2, -0.15) is 9.78 Å². The summed E-state index contributed by atoms with van der Waals surface area (Å²) < 4.78 is 19.2. The minimum Gasteiger partial charge on any atom is -0.611 e. The summed E-state index contributed by atoms with van der Waals surface area (Å²) in [6.07, 6.45) is 0.530. The van der Waals surface area contributed by atoms with Crippen LogP contribution in [0.5, 0.6) is 5.75 Å². The molecule has 5 nitrogen and oxygen atoms in total. The molecule has 1 aliphatic heterocycles. The molecule has 0 radical (unpaired) electrons. The number of aryl methyl sites for hydroxylation is 1. The van der Waals surface area contributed by atoms with Gasteiger partial charge in [0.05, 0.1) is 18.4 Å². The molecule has 0 saturated carbocycles. The molecule has 0 bridgehead atoms. The summed E-state index contributed by atoms with van der Waals surface area (Å²) >= 11 is 4.78. The zero-order valence-corrected chi connectivity index (χ0v) is 15.5. The summed E-state index contributed by atoms with van der Waals surface area (Å²) in [5, 5.41) is 5.18. The van der Waals surface area contributed by atoms with Gasteiger partial charge in [-0.3, -0.25) is 4.79 Å². The molecule has 0 saturated heterocycles. The van der Waals surface area contributed by atoms with Crippen LogP contribution in [-0.2, 0) is 17.6 Å². The molecule has 1 unspecified atom stereocenters. The van der Waals surface area contributed by atoms with Crippen molar-refractivity contribution in [3.63, 3.8) is 0 Å². The Hall–Kier alpha value is -2.28. The minimum absolute atomic E-state index is 0.233. The Morgan fingerprint density at radius 3 is 2.69 bits per heavy atom. The van der Waals surface area contributed by atoms with Crippen LogP contribution >= 0.6 is 11.6 Å². The molecule has 7 heteroatoms. The molecule has 3 aromatic rings. The molecule has 0 N–H and O–H groups in total. The first-order chi connectivity index (χ1) is 12.6. The van der Waals surface area contributed by atoms with Crippen LogP contribution in [-0.4, -0.2) is 27.2 Å². The Morgan fingerprint density at radius 2 is 1.96 bits per heavy atom. The van der Waals surface area contributed by atoms with Crippen molar-refractivity contribution in [3.8, 4) is 22.7 Å². The average Bonchev–Trinajstić information content (AvgIpc) is 2.78. The van der Waals surface area contributed by atoms with Gasteiger partial charge in [0.1, 0.15) is 17.2 Å². The van der Waals surface area contributed by atoms with Crippen molar-refractivity contribution < 1.29 is 9.29 Å². The highest BCUT2D eigenvalue weighted by Gasteiger charge is 2.27. The van der Waals surface area contributed by atoms with E-state index in [1.165, 1.54) is 4.68 Å². The second-order valence-corrected chi connectivity index (χ2v) is 7.88. The fourth-order valence-corrected chi connectivity index (χ4v) is 4.38. The van der Waals surface area contributed by atoms with Crippen molar-refractivity contribution >= 4 is 22.8 Å². The van der Waals surface area contributed by atoms with Gasteiger partial charge in [0.25, 0.3) is 5.56 Å². The number of nitrogens with zero attached hydrogens (tertiary/aromatic N) is 2. The maximum absolute atomic E-state index is 12.6. The number of aromatic nitrogens is 2. The zero-order chi connectivity index (χ0) is 18.3. The third kappa shape index (κ3) is 3.00. The number of benzene rings is 2. The minimum atomic E-state index is -1.15. The highest BCUT2D eigenvalue weighted by atomic mass is 35.5. The van der Waals surface area contributed by atoms with E-state index >= 15 is 0 Å². The van der Waals surface area contributed by atoms with Crippen LogP contribution in [0.2, 0.25) is 5.02 Å². The number of halogens is 1. The van der Waals surface area contributed by atoms with Gasteiger partial charge in [-0.25, -0.2) is 0 Å². The molecule has 0 fully saturated rings. The van der Waals surface area contributed by atoms with E-state index in [1.54, 1.807) is 49.6 Å². The van der Waals surface area contributed by atoms with E-state index in [2.05, 4.69) is 5.10 Å². The summed E-state index contributed by atoms with van der Waals surface area (Å²) in [6, 6.07) is 13.9. The Kier molecular flexibility index (Phi) is 4.48. The first-order valence-corrected chi connectivity index (χ1v) is 9.72. The zero-order valence-electron chi connectivity index (χ0n) is 13.9. The number of methoxy groups -OCH3 is 1. The lowest BCUT2D eigenvalue weighted by molar-refractivity contribution is 0.414. The van der Waals surface area contributed by atoms with E-state index in [-0.39, 0.29) is 5.56 Å². The van der Waals surface area contributed by atoms with Crippen molar-refractivity contribution in [2.24, 2.45) is 0 Å². The molecular weight excluding hydrogens is 372 g/mol. The molecular formula is C19H15ClN2O3S. The van der Waals surface area contributed by atoms with Gasteiger partial charge >= 0.3 is 0 Å². The molecule has 0 aliphatic carbocycles. The molecule has 0 amide bonds. The number of hydrogen-bond donors (Lipinski definition) is 0. The van der Waals surface area contributed by atoms with Crippen LogP contribution in [0.3, 0.4) is 0 Å². The average molecular weight is 387 g/mol. The van der Waals surface area contributed by atoms with E-state index < -0.39 is 11.2 Å². The monoisotopic (exact) mass is 386 g/mol. The van der Waals surface area contributed by atoms with Gasteiger partial charge in [-0.1, -0.05) is 11.6 Å². The van der Waals surface area contributed by atoms with Crippen molar-refractivity contribution in [3.05, 3.63) is 69.5 Å². The predicted octanol–water partition coefficient (Wildman–Crippen LogP) is 3.23. The van der Waals surface area contributed by atoms with Gasteiger partial charge in [-0.05, 0) is 59.2 Å². The third-order valence-corrected chi connectivity index (χ3v) is 6.00. The Bertz CT molecular complexity index is 1030. The summed E-state index contributed by atoms with van der Waals surface area (Å²) in [4.78, 5) is 13.3. The number of rotatable bonds is 2. The van der Waals surface area contributed by atoms with Crippen LogP contribution < -0.4 is 10.3 Å². The summed E-state index contributed by atoms with van der Waals surface area (Å²) in [5.74, 6) is 1.11. The topological polar surface area (TPSA) is 67.2 Å². The SMILES string of the molecule is COc1ccc2c(c1)-c1nn(-c3ccc(Cl)cc3)c(=O)cc1CC[S+]2[O-]. The van der Waals surface area contributed by atoms with Crippen molar-refractivity contribution in [1.82, 2.24) is 9.78 Å². The van der Waals surface area contributed by atoms with Crippen LogP contribution in [0, 0.1) is 0 Å². The van der Waals surface area contributed by atoms with Crippen LogP contribution in [0.15, 0.2) is 58.2 Å². The standard InChI is InChI=1S/C19H15ClN2O3S/c1-25-15-6-7-17-16(11-15)19-12(8-9-26(17)24)10-18(23)22(21-19)14-4-2-13(20)3-5-14/h2-7,10-11H,8-9H2,1H3. The molecule has 132 valence electrons. The maximum Gasteiger partial charge on any atom is 0.271 e. The summed E-state index contributed by atoms with van der Waals surface area (Å²) in [6.45, 7) is 0. The number of ether oxygens (including phenoxy) is 1. The largest absolute Gasteiger partial charge is 0.611 e. The third-order valence-electron chi connectivity index (χ3n) is 4.33. The lowest BCUT2D eigenvalue weighted by Gasteiger charge is -2.12. The van der Waals surface area contributed by atoms with Gasteiger partial charge in [0.15, 0.2) is 4.90 Å². The van der Waals surface area contributed by atoms with Gasteiger partial charge in [-0.15, -0.1) is 0 Å². The van der Waals surface area contributed by atoms with Crippen LogP contribution in [0.4, 0.5) is 0 Å². The van der Waals surface area contributed by atoms with E-state index in [0.29, 0.717) is 39.2 Å². The highest BCUT2D eigenvalue weighted by molar-refractivity contribution is 7.91. The normalized spacial score (nSPS) is 15.7. The summed E-state index contributed by atoms with van der Waals surface area (Å²) in [7, 11) is 1.58. The van der Waals surface area contributed by atoms with Gasteiger partial charge in [0, 0.05) is 17.5 Å². The molecule has 2 aromatic carbocycles. The van der Waals surface area contributed by atoms with Gasteiger partial charge in [0.2, 0.25) is 0 Å². The molecule has 4 rings (SSSR count). The molecule has 26 heavy (non-hydrogen) atoms. The van der Waals surface area contributed by atoms with E-state index in [4.69, 9.17) is 16.3 Å². The number of fused-ring (bicyclic) bond motifs is 3. The molecule has 0 spiro atoms. The van der Waals surface area contributed by atoms with Crippen LogP contribution in [0.1, 0.15) is 5.56 Å². The second-order valence-electron chi connectivity index (χ2n) is 5.91. The van der Waals surface area contributed by atoms with E-state index in [9.17, 15) is 9.35 Å². The smallest absolute Gasteiger partial charge is 0.271 e. The predicted molar refractivity (Wildman–Crippen MR) is 102 cm³/mol. The fourth-order valence-electron chi connectivity index (χ4n) is 3.01. The van der Waals surface area contributed by atoms with Crippen LogP contribution in [0.25, 0.3) is 16.9 Å². The lowest BCUT2D eigenvalue weighted by Crippen LogP contribution is -2.22. The molecule has 1 aromatic heterocycles.